The molecule has 0 bridgehead atoms. The fourth-order valence-electron chi connectivity index (χ4n) is 2.32. The van der Waals surface area contributed by atoms with Crippen LogP contribution in [-0.4, -0.2) is 51.6 Å². The Hall–Kier alpha value is -2.09. The molecule has 1 aliphatic heterocycles. The Kier molecular flexibility index (Phi) is 5.25. The first-order valence-corrected chi connectivity index (χ1v) is 8.94. The van der Waals surface area contributed by atoms with Gasteiger partial charge in [0.1, 0.15) is 5.75 Å². The molecule has 1 aliphatic rings. The van der Waals surface area contributed by atoms with Crippen molar-refractivity contribution in [3.05, 3.63) is 29.3 Å². The Morgan fingerprint density at radius 1 is 1.35 bits per heavy atom. The molecule has 0 aliphatic carbocycles. The van der Waals surface area contributed by atoms with Crippen molar-refractivity contribution < 1.29 is 27.5 Å². The van der Waals surface area contributed by atoms with E-state index >= 15 is 0 Å². The highest BCUT2D eigenvalue weighted by molar-refractivity contribution is 7.91. The van der Waals surface area contributed by atoms with E-state index in [0.717, 1.165) is 5.56 Å². The van der Waals surface area contributed by atoms with Crippen molar-refractivity contribution in [2.75, 3.05) is 25.2 Å². The van der Waals surface area contributed by atoms with Crippen LogP contribution in [0.25, 0.3) is 0 Å². The van der Waals surface area contributed by atoms with Gasteiger partial charge in [-0.3, -0.25) is 4.79 Å². The topological polar surface area (TPSA) is 98.8 Å². The van der Waals surface area contributed by atoms with Gasteiger partial charge in [-0.1, -0.05) is 6.07 Å². The van der Waals surface area contributed by atoms with Crippen LogP contribution in [0.2, 0.25) is 0 Å². The number of rotatable bonds is 5. The Bertz CT molecular complexity index is 713. The van der Waals surface area contributed by atoms with E-state index in [1.807, 2.05) is 0 Å². The highest BCUT2D eigenvalue weighted by atomic mass is 32.2. The van der Waals surface area contributed by atoms with Gasteiger partial charge in [-0.05, 0) is 31.0 Å². The average Bonchev–Trinajstić information content (AvgIpc) is 2.84. The molecule has 1 N–H and O–H groups in total. The molecule has 2 rings (SSSR count). The van der Waals surface area contributed by atoms with Crippen molar-refractivity contribution in [1.29, 1.82) is 0 Å². The Morgan fingerprint density at radius 2 is 2.09 bits per heavy atom. The predicted molar refractivity (Wildman–Crippen MR) is 83.2 cm³/mol. The summed E-state index contributed by atoms with van der Waals surface area (Å²) in [5.74, 6) is -0.415. The zero-order chi connectivity index (χ0) is 17.0. The zero-order valence-corrected chi connectivity index (χ0v) is 13.8. The summed E-state index contributed by atoms with van der Waals surface area (Å²) in [6.07, 6.45) is 0.422. The molecule has 0 unspecified atom stereocenters. The van der Waals surface area contributed by atoms with Gasteiger partial charge in [-0.2, -0.15) is 0 Å². The van der Waals surface area contributed by atoms with Crippen molar-refractivity contribution in [3.8, 4) is 5.75 Å². The zero-order valence-electron chi connectivity index (χ0n) is 13.0. The number of methoxy groups -OCH3 is 1. The van der Waals surface area contributed by atoms with Crippen LogP contribution in [0.4, 0.5) is 0 Å². The number of carbonyl (C=O) groups is 2. The summed E-state index contributed by atoms with van der Waals surface area (Å²) in [6, 6.07) is 4.45. The largest absolute Gasteiger partial charge is 0.483 e. The van der Waals surface area contributed by atoms with Gasteiger partial charge in [0.15, 0.2) is 16.4 Å². The quantitative estimate of drug-likeness (QED) is 0.782. The lowest BCUT2D eigenvalue weighted by Crippen LogP contribution is -2.38. The van der Waals surface area contributed by atoms with Gasteiger partial charge in [-0.15, -0.1) is 0 Å². The summed E-state index contributed by atoms with van der Waals surface area (Å²) < 4.78 is 32.8. The molecule has 1 heterocycles. The van der Waals surface area contributed by atoms with Crippen LogP contribution in [-0.2, 0) is 19.4 Å². The second kappa shape index (κ2) is 6.99. The van der Waals surface area contributed by atoms with Gasteiger partial charge < -0.3 is 14.8 Å². The van der Waals surface area contributed by atoms with Gasteiger partial charge in [0.25, 0.3) is 5.91 Å². The lowest BCUT2D eigenvalue weighted by atomic mass is 10.1. The Morgan fingerprint density at radius 3 is 2.70 bits per heavy atom. The second-order valence-electron chi connectivity index (χ2n) is 5.43. The Balaban J connectivity index is 1.92. The van der Waals surface area contributed by atoms with Crippen molar-refractivity contribution in [2.45, 2.75) is 19.4 Å². The first kappa shape index (κ1) is 17.3. The van der Waals surface area contributed by atoms with Crippen LogP contribution in [0, 0.1) is 6.92 Å². The standard InChI is InChI=1S/C15H19NO6S/c1-10-3-4-11(15(18)21-2)7-13(10)22-8-14(17)16-12-5-6-23(19,20)9-12/h3-4,7,12H,5-6,8-9H2,1-2H3,(H,16,17)/t12-/m0/s1. The van der Waals surface area contributed by atoms with Crippen LogP contribution in [0.5, 0.6) is 5.75 Å². The summed E-state index contributed by atoms with van der Waals surface area (Å²) in [5.41, 5.74) is 1.10. The van der Waals surface area contributed by atoms with E-state index in [2.05, 4.69) is 10.1 Å². The molecule has 1 saturated heterocycles. The molecule has 0 radical (unpaired) electrons. The minimum atomic E-state index is -3.04. The number of sulfone groups is 1. The fourth-order valence-corrected chi connectivity index (χ4v) is 4.00. The first-order valence-electron chi connectivity index (χ1n) is 7.12. The molecule has 1 amide bonds. The molecule has 1 atom stereocenters. The third kappa shape index (κ3) is 4.69. The second-order valence-corrected chi connectivity index (χ2v) is 7.66. The molecule has 1 fully saturated rings. The average molecular weight is 341 g/mol. The molecule has 1 aromatic rings. The van der Waals surface area contributed by atoms with Gasteiger partial charge in [0.2, 0.25) is 0 Å². The number of carbonyl (C=O) groups excluding carboxylic acids is 2. The normalized spacial score (nSPS) is 19.1. The van der Waals surface area contributed by atoms with Crippen LogP contribution >= 0.6 is 0 Å². The van der Waals surface area contributed by atoms with Crippen molar-refractivity contribution in [3.63, 3.8) is 0 Å². The molecule has 0 aromatic heterocycles. The summed E-state index contributed by atoms with van der Waals surface area (Å²) in [6.45, 7) is 1.54. The van der Waals surface area contributed by atoms with Crippen LogP contribution < -0.4 is 10.1 Å². The summed E-state index contributed by atoms with van der Waals surface area (Å²) in [7, 11) is -1.76. The highest BCUT2D eigenvalue weighted by Gasteiger charge is 2.28. The molecular formula is C15H19NO6S. The molecular weight excluding hydrogens is 322 g/mol. The minimum Gasteiger partial charge on any atom is -0.483 e. The van der Waals surface area contributed by atoms with E-state index in [1.165, 1.54) is 13.2 Å². The number of benzene rings is 1. The highest BCUT2D eigenvalue weighted by Crippen LogP contribution is 2.20. The summed E-state index contributed by atoms with van der Waals surface area (Å²) in [5, 5.41) is 2.64. The molecule has 8 heteroatoms. The minimum absolute atomic E-state index is 0.0321. The third-order valence-corrected chi connectivity index (χ3v) is 5.33. The summed E-state index contributed by atoms with van der Waals surface area (Å²) in [4.78, 5) is 23.3. The van der Waals surface area contributed by atoms with Crippen LogP contribution in [0.1, 0.15) is 22.3 Å². The van der Waals surface area contributed by atoms with E-state index in [4.69, 9.17) is 4.74 Å². The van der Waals surface area contributed by atoms with Crippen molar-refractivity contribution in [2.24, 2.45) is 0 Å². The molecule has 7 nitrogen and oxygen atoms in total. The molecule has 126 valence electrons. The number of amides is 1. The molecule has 23 heavy (non-hydrogen) atoms. The third-order valence-electron chi connectivity index (χ3n) is 3.57. The number of hydrogen-bond donors (Lipinski definition) is 1. The van der Waals surface area contributed by atoms with E-state index in [9.17, 15) is 18.0 Å². The van der Waals surface area contributed by atoms with Gasteiger partial charge in [-0.25, -0.2) is 13.2 Å². The maximum Gasteiger partial charge on any atom is 0.337 e. The maximum absolute atomic E-state index is 11.8. The lowest BCUT2D eigenvalue weighted by molar-refractivity contribution is -0.123. The van der Waals surface area contributed by atoms with Crippen molar-refractivity contribution >= 4 is 21.7 Å². The van der Waals surface area contributed by atoms with E-state index in [0.29, 0.717) is 17.7 Å². The number of ether oxygens (including phenoxy) is 2. The predicted octanol–water partition coefficient (Wildman–Crippen LogP) is 0.464. The van der Waals surface area contributed by atoms with Crippen LogP contribution in [0.15, 0.2) is 18.2 Å². The van der Waals surface area contributed by atoms with Crippen LogP contribution in [0.3, 0.4) is 0 Å². The first-order chi connectivity index (χ1) is 10.8. The number of nitrogens with one attached hydrogen (secondary N) is 1. The maximum atomic E-state index is 11.8. The number of esters is 1. The SMILES string of the molecule is COC(=O)c1ccc(C)c(OCC(=O)N[C@H]2CCS(=O)(=O)C2)c1. The lowest BCUT2D eigenvalue weighted by Gasteiger charge is -2.13. The van der Waals surface area contributed by atoms with E-state index in [-0.39, 0.29) is 24.2 Å². The molecule has 0 saturated carbocycles. The molecule has 1 aromatic carbocycles. The Labute approximate surface area is 134 Å². The monoisotopic (exact) mass is 341 g/mol. The smallest absolute Gasteiger partial charge is 0.337 e. The number of aryl methyl sites for hydroxylation is 1. The molecule has 0 spiro atoms. The van der Waals surface area contributed by atoms with Crippen molar-refractivity contribution in [1.82, 2.24) is 5.32 Å². The van der Waals surface area contributed by atoms with Gasteiger partial charge in [0.05, 0.1) is 24.2 Å². The van der Waals surface area contributed by atoms with E-state index in [1.54, 1.807) is 19.1 Å². The fraction of sp³-hybridized carbons (Fsp3) is 0.467. The van der Waals surface area contributed by atoms with Gasteiger partial charge >= 0.3 is 5.97 Å². The van der Waals surface area contributed by atoms with E-state index < -0.39 is 21.7 Å². The number of hydrogen-bond acceptors (Lipinski definition) is 6. The summed E-state index contributed by atoms with van der Waals surface area (Å²) >= 11 is 0. The van der Waals surface area contributed by atoms with Gasteiger partial charge in [0, 0.05) is 6.04 Å².